The van der Waals surface area contributed by atoms with Gasteiger partial charge in [-0.15, -0.1) is 11.3 Å². The molecule has 0 spiro atoms. The third kappa shape index (κ3) is 5.17. The van der Waals surface area contributed by atoms with Gasteiger partial charge < -0.3 is 14.8 Å². The minimum Gasteiger partial charge on any atom is -0.491 e. The summed E-state index contributed by atoms with van der Waals surface area (Å²) in [6.45, 7) is 2.23. The van der Waals surface area contributed by atoms with Crippen LogP contribution in [-0.4, -0.2) is 24.3 Å². The minimum atomic E-state index is 0.200. The van der Waals surface area contributed by atoms with E-state index in [2.05, 4.69) is 39.3 Å². The summed E-state index contributed by atoms with van der Waals surface area (Å²) in [6.07, 6.45) is 5.27. The van der Waals surface area contributed by atoms with Gasteiger partial charge in [0.2, 0.25) is 0 Å². The van der Waals surface area contributed by atoms with Gasteiger partial charge in [0.1, 0.15) is 17.4 Å². The molecule has 0 bridgehead atoms. The van der Waals surface area contributed by atoms with Crippen molar-refractivity contribution in [3.8, 4) is 5.75 Å². The SMILES string of the molecule is c1ccc(OC[C@@H]2CCCO2)c(CN[C@H](Cc2ccsc2)c2nccs2)c1. The second kappa shape index (κ2) is 9.46. The van der Waals surface area contributed by atoms with Crippen molar-refractivity contribution in [2.24, 2.45) is 0 Å². The van der Waals surface area contributed by atoms with Crippen molar-refractivity contribution in [2.75, 3.05) is 13.2 Å². The van der Waals surface area contributed by atoms with Crippen LogP contribution in [0.25, 0.3) is 0 Å². The van der Waals surface area contributed by atoms with Gasteiger partial charge in [-0.1, -0.05) is 18.2 Å². The van der Waals surface area contributed by atoms with Gasteiger partial charge in [0.25, 0.3) is 0 Å². The van der Waals surface area contributed by atoms with E-state index in [0.29, 0.717) is 6.61 Å². The van der Waals surface area contributed by atoms with Crippen LogP contribution in [0.5, 0.6) is 5.75 Å². The van der Waals surface area contributed by atoms with Gasteiger partial charge in [0.15, 0.2) is 0 Å². The first kappa shape index (κ1) is 18.6. The Labute approximate surface area is 168 Å². The van der Waals surface area contributed by atoms with E-state index in [4.69, 9.17) is 9.47 Å². The number of aromatic nitrogens is 1. The standard InChI is InChI=1S/C21H24N2O2S2/c1-2-6-20(25-14-18-5-3-9-24-18)17(4-1)13-23-19(21-22-8-11-27-21)12-16-7-10-26-15-16/h1-2,4,6-8,10-11,15,18-19,23H,3,5,9,12-14H2/t18-,19+/m0/s1. The Balaban J connectivity index is 1.41. The van der Waals surface area contributed by atoms with Gasteiger partial charge in [-0.05, 0) is 47.7 Å². The van der Waals surface area contributed by atoms with E-state index in [-0.39, 0.29) is 12.1 Å². The van der Waals surface area contributed by atoms with Crippen LogP contribution in [0.15, 0.2) is 52.7 Å². The predicted molar refractivity (Wildman–Crippen MR) is 111 cm³/mol. The molecule has 1 aromatic carbocycles. The fourth-order valence-corrected chi connectivity index (χ4v) is 4.68. The van der Waals surface area contributed by atoms with E-state index in [0.717, 1.165) is 43.2 Å². The molecule has 1 fully saturated rings. The van der Waals surface area contributed by atoms with E-state index in [1.54, 1.807) is 22.7 Å². The number of ether oxygens (including phenoxy) is 2. The second-order valence-corrected chi connectivity index (χ2v) is 8.40. The fraction of sp³-hybridized carbons (Fsp3) is 0.381. The van der Waals surface area contributed by atoms with Crippen LogP contribution in [0.4, 0.5) is 0 Å². The van der Waals surface area contributed by atoms with Crippen LogP contribution < -0.4 is 10.1 Å². The van der Waals surface area contributed by atoms with Crippen molar-refractivity contribution < 1.29 is 9.47 Å². The molecule has 1 aliphatic rings. The normalized spacial score (nSPS) is 17.9. The van der Waals surface area contributed by atoms with Gasteiger partial charge in [-0.25, -0.2) is 4.98 Å². The molecule has 1 N–H and O–H groups in total. The Kier molecular flexibility index (Phi) is 6.53. The highest BCUT2D eigenvalue weighted by molar-refractivity contribution is 7.09. The quantitative estimate of drug-likeness (QED) is 0.558. The Hall–Kier alpha value is -1.73. The van der Waals surface area contributed by atoms with Crippen molar-refractivity contribution in [3.63, 3.8) is 0 Å². The van der Waals surface area contributed by atoms with Crippen LogP contribution in [0.1, 0.15) is 35.0 Å². The molecule has 1 aliphatic heterocycles. The van der Waals surface area contributed by atoms with Crippen molar-refractivity contribution in [1.82, 2.24) is 10.3 Å². The molecule has 6 heteroatoms. The first-order valence-corrected chi connectivity index (χ1v) is 11.2. The summed E-state index contributed by atoms with van der Waals surface area (Å²) >= 11 is 3.44. The minimum absolute atomic E-state index is 0.200. The lowest BCUT2D eigenvalue weighted by Crippen LogP contribution is -2.23. The maximum Gasteiger partial charge on any atom is 0.123 e. The van der Waals surface area contributed by atoms with E-state index in [1.807, 2.05) is 23.7 Å². The summed E-state index contributed by atoms with van der Waals surface area (Å²) in [5.41, 5.74) is 2.51. The third-order valence-corrected chi connectivity index (χ3v) is 6.35. The molecule has 142 valence electrons. The van der Waals surface area contributed by atoms with Gasteiger partial charge in [0.05, 0.1) is 12.1 Å². The molecule has 0 aliphatic carbocycles. The summed E-state index contributed by atoms with van der Waals surface area (Å²) in [5.74, 6) is 0.939. The lowest BCUT2D eigenvalue weighted by Gasteiger charge is -2.19. The molecule has 2 aromatic heterocycles. The molecule has 1 saturated heterocycles. The number of para-hydroxylation sites is 1. The Morgan fingerprint density at radius 2 is 2.22 bits per heavy atom. The molecule has 0 amide bonds. The summed E-state index contributed by atoms with van der Waals surface area (Å²) in [6, 6.07) is 10.6. The van der Waals surface area contributed by atoms with E-state index in [9.17, 15) is 0 Å². The third-order valence-electron chi connectivity index (χ3n) is 4.73. The smallest absolute Gasteiger partial charge is 0.123 e. The number of thiazole rings is 1. The zero-order valence-corrected chi connectivity index (χ0v) is 16.8. The zero-order chi connectivity index (χ0) is 18.3. The van der Waals surface area contributed by atoms with Crippen LogP contribution in [0.2, 0.25) is 0 Å². The van der Waals surface area contributed by atoms with Gasteiger partial charge in [-0.3, -0.25) is 0 Å². The molecule has 27 heavy (non-hydrogen) atoms. The van der Waals surface area contributed by atoms with E-state index < -0.39 is 0 Å². The number of hydrogen-bond acceptors (Lipinski definition) is 6. The average Bonchev–Trinajstić information content (AvgIpc) is 3.47. The van der Waals surface area contributed by atoms with Crippen molar-refractivity contribution >= 4 is 22.7 Å². The molecular weight excluding hydrogens is 376 g/mol. The monoisotopic (exact) mass is 400 g/mol. The molecule has 2 atom stereocenters. The van der Waals surface area contributed by atoms with Gasteiger partial charge >= 0.3 is 0 Å². The first-order chi connectivity index (χ1) is 13.4. The van der Waals surface area contributed by atoms with Crippen LogP contribution in [0.3, 0.4) is 0 Å². The number of nitrogens with zero attached hydrogens (tertiary/aromatic N) is 1. The summed E-state index contributed by atoms with van der Waals surface area (Å²) in [5, 5.41) is 11.2. The fourth-order valence-electron chi connectivity index (χ4n) is 3.28. The van der Waals surface area contributed by atoms with Gasteiger partial charge in [0, 0.05) is 30.3 Å². The lowest BCUT2D eigenvalue weighted by atomic mass is 10.1. The van der Waals surface area contributed by atoms with Crippen molar-refractivity contribution in [2.45, 2.75) is 38.0 Å². The lowest BCUT2D eigenvalue weighted by molar-refractivity contribution is 0.0675. The van der Waals surface area contributed by atoms with E-state index in [1.165, 1.54) is 11.1 Å². The average molecular weight is 401 g/mol. The Morgan fingerprint density at radius 1 is 1.26 bits per heavy atom. The summed E-state index contributed by atoms with van der Waals surface area (Å²) in [4.78, 5) is 4.53. The maximum atomic E-state index is 6.07. The number of rotatable bonds is 9. The maximum absolute atomic E-state index is 6.07. The molecule has 3 heterocycles. The topological polar surface area (TPSA) is 43.4 Å². The van der Waals surface area contributed by atoms with Crippen molar-refractivity contribution in [1.29, 1.82) is 0 Å². The van der Waals surface area contributed by atoms with Crippen molar-refractivity contribution in [3.05, 3.63) is 68.8 Å². The first-order valence-electron chi connectivity index (χ1n) is 9.34. The molecule has 0 radical (unpaired) electrons. The van der Waals surface area contributed by atoms with Crippen LogP contribution in [0, 0.1) is 0 Å². The summed E-state index contributed by atoms with van der Waals surface area (Å²) in [7, 11) is 0. The number of thiophene rings is 1. The highest BCUT2D eigenvalue weighted by atomic mass is 32.1. The summed E-state index contributed by atoms with van der Waals surface area (Å²) < 4.78 is 11.7. The zero-order valence-electron chi connectivity index (χ0n) is 15.2. The molecule has 0 unspecified atom stereocenters. The number of hydrogen-bond donors (Lipinski definition) is 1. The van der Waals surface area contributed by atoms with E-state index >= 15 is 0 Å². The molecular formula is C21H24N2O2S2. The van der Waals surface area contributed by atoms with Crippen LogP contribution >= 0.6 is 22.7 Å². The Bertz CT molecular complexity index is 799. The molecule has 0 saturated carbocycles. The largest absolute Gasteiger partial charge is 0.491 e. The van der Waals surface area contributed by atoms with Crippen LogP contribution in [-0.2, 0) is 17.7 Å². The highest BCUT2D eigenvalue weighted by Gasteiger charge is 2.18. The molecule has 4 nitrogen and oxygen atoms in total. The second-order valence-electron chi connectivity index (χ2n) is 6.69. The highest BCUT2D eigenvalue weighted by Crippen LogP contribution is 2.25. The Morgan fingerprint density at radius 3 is 3.00 bits per heavy atom. The number of nitrogens with one attached hydrogen (secondary N) is 1. The van der Waals surface area contributed by atoms with Gasteiger partial charge in [-0.2, -0.15) is 11.3 Å². The molecule has 4 rings (SSSR count). The number of benzene rings is 1. The predicted octanol–water partition coefficient (Wildman–Crippen LogP) is 4.84. The molecule has 3 aromatic rings.